The van der Waals surface area contributed by atoms with Gasteiger partial charge in [0, 0.05) is 9.35 Å². The molecule has 0 radical (unpaired) electrons. The van der Waals surface area contributed by atoms with Gasteiger partial charge in [0.25, 0.3) is 0 Å². The number of carbonyl (C=O) groups is 1. The molecule has 0 spiro atoms. The van der Waals surface area contributed by atoms with Crippen molar-refractivity contribution in [2.24, 2.45) is 0 Å². The normalized spacial score (nSPS) is 10.5. The SMILES string of the molecule is O=C/C=C/c1sccc1Br. The Morgan fingerprint density at radius 1 is 1.60 bits per heavy atom. The van der Waals surface area contributed by atoms with Crippen LogP contribution in [0, 0.1) is 0 Å². The zero-order valence-corrected chi connectivity index (χ0v) is 7.48. The maximum atomic E-state index is 9.91. The summed E-state index contributed by atoms with van der Waals surface area (Å²) in [5.41, 5.74) is 0. The largest absolute Gasteiger partial charge is 0.299 e. The molecule has 0 aromatic carbocycles. The van der Waals surface area contributed by atoms with E-state index in [-0.39, 0.29) is 0 Å². The Labute approximate surface area is 71.5 Å². The van der Waals surface area contributed by atoms with Gasteiger partial charge in [-0.2, -0.15) is 0 Å². The van der Waals surface area contributed by atoms with Crippen molar-refractivity contribution < 1.29 is 4.79 Å². The molecule has 0 atom stereocenters. The maximum Gasteiger partial charge on any atom is 0.142 e. The standard InChI is InChI=1S/C7H5BrOS/c8-6-3-5-10-7(6)2-1-4-9/h1-5H/b2-1+. The molecule has 0 N–H and O–H groups in total. The maximum absolute atomic E-state index is 9.91. The number of hydrogen-bond acceptors (Lipinski definition) is 2. The first-order chi connectivity index (χ1) is 4.84. The first-order valence-corrected chi connectivity index (χ1v) is 4.36. The minimum Gasteiger partial charge on any atom is -0.299 e. The summed E-state index contributed by atoms with van der Waals surface area (Å²) in [4.78, 5) is 11.0. The minimum absolute atomic E-state index is 0.770. The summed E-state index contributed by atoms with van der Waals surface area (Å²) in [7, 11) is 0. The summed E-state index contributed by atoms with van der Waals surface area (Å²) in [6.45, 7) is 0. The lowest BCUT2D eigenvalue weighted by molar-refractivity contribution is -0.104. The first kappa shape index (κ1) is 7.69. The summed E-state index contributed by atoms with van der Waals surface area (Å²) >= 11 is 4.94. The Hall–Kier alpha value is -0.410. The van der Waals surface area contributed by atoms with Gasteiger partial charge >= 0.3 is 0 Å². The number of halogens is 1. The van der Waals surface area contributed by atoms with Gasteiger partial charge in [0.05, 0.1) is 0 Å². The molecule has 1 nitrogen and oxygen atoms in total. The third-order valence-electron chi connectivity index (χ3n) is 0.971. The molecule has 0 fully saturated rings. The van der Waals surface area contributed by atoms with Crippen molar-refractivity contribution in [3.63, 3.8) is 0 Å². The molecule has 1 rings (SSSR count). The number of rotatable bonds is 2. The summed E-state index contributed by atoms with van der Waals surface area (Å²) in [5, 5.41) is 1.97. The van der Waals surface area contributed by atoms with E-state index >= 15 is 0 Å². The van der Waals surface area contributed by atoms with Crippen LogP contribution < -0.4 is 0 Å². The average molecular weight is 217 g/mol. The van der Waals surface area contributed by atoms with Crippen molar-refractivity contribution in [2.75, 3.05) is 0 Å². The highest BCUT2D eigenvalue weighted by Gasteiger charge is 1.93. The third-order valence-corrected chi connectivity index (χ3v) is 2.81. The number of carbonyl (C=O) groups excluding carboxylic acids is 1. The summed E-state index contributed by atoms with van der Waals surface area (Å²) < 4.78 is 1.04. The zero-order chi connectivity index (χ0) is 7.40. The molecule has 1 aromatic rings. The molecule has 0 aliphatic rings. The number of aldehydes is 1. The van der Waals surface area contributed by atoms with E-state index < -0.39 is 0 Å². The molecule has 0 aliphatic heterocycles. The van der Waals surface area contributed by atoms with E-state index in [4.69, 9.17) is 0 Å². The van der Waals surface area contributed by atoms with E-state index in [1.807, 2.05) is 11.4 Å². The molecule has 1 heterocycles. The second-order valence-electron chi connectivity index (χ2n) is 1.63. The van der Waals surface area contributed by atoms with Crippen LogP contribution in [0.15, 0.2) is 22.0 Å². The third kappa shape index (κ3) is 1.78. The molecule has 0 bridgehead atoms. The van der Waals surface area contributed by atoms with Crippen LogP contribution in [-0.2, 0) is 4.79 Å². The van der Waals surface area contributed by atoms with E-state index in [9.17, 15) is 4.79 Å². The fourth-order valence-corrected chi connectivity index (χ4v) is 1.96. The fraction of sp³-hybridized carbons (Fsp3) is 0. The number of hydrogen-bond donors (Lipinski definition) is 0. The Morgan fingerprint density at radius 3 is 2.90 bits per heavy atom. The predicted molar refractivity (Wildman–Crippen MR) is 47.1 cm³/mol. The van der Waals surface area contributed by atoms with Gasteiger partial charge in [0.15, 0.2) is 0 Å². The van der Waals surface area contributed by atoms with Gasteiger partial charge < -0.3 is 0 Å². The number of allylic oxidation sites excluding steroid dienone is 1. The highest BCUT2D eigenvalue weighted by Crippen LogP contribution is 2.23. The van der Waals surface area contributed by atoms with Gasteiger partial charge in [-0.3, -0.25) is 4.79 Å². The zero-order valence-electron chi connectivity index (χ0n) is 5.08. The lowest BCUT2D eigenvalue weighted by Gasteiger charge is -1.82. The molecular weight excluding hydrogens is 212 g/mol. The lowest BCUT2D eigenvalue weighted by Crippen LogP contribution is -1.62. The van der Waals surface area contributed by atoms with E-state index in [0.717, 1.165) is 15.6 Å². The van der Waals surface area contributed by atoms with Gasteiger partial charge in [-0.05, 0) is 39.5 Å². The smallest absolute Gasteiger partial charge is 0.142 e. The van der Waals surface area contributed by atoms with Crippen molar-refractivity contribution in [2.45, 2.75) is 0 Å². The van der Waals surface area contributed by atoms with Crippen molar-refractivity contribution in [1.29, 1.82) is 0 Å². The van der Waals surface area contributed by atoms with Gasteiger partial charge in [0.1, 0.15) is 6.29 Å². The van der Waals surface area contributed by atoms with Crippen LogP contribution in [0.25, 0.3) is 6.08 Å². The fourth-order valence-electron chi connectivity index (χ4n) is 0.551. The molecule has 0 aliphatic carbocycles. The van der Waals surface area contributed by atoms with Crippen molar-refractivity contribution in [1.82, 2.24) is 0 Å². The first-order valence-electron chi connectivity index (χ1n) is 2.69. The van der Waals surface area contributed by atoms with Gasteiger partial charge in [-0.15, -0.1) is 11.3 Å². The quantitative estimate of drug-likeness (QED) is 0.549. The monoisotopic (exact) mass is 216 g/mol. The van der Waals surface area contributed by atoms with Crippen LogP contribution in [0.2, 0.25) is 0 Å². The summed E-state index contributed by atoms with van der Waals surface area (Å²) in [5.74, 6) is 0. The van der Waals surface area contributed by atoms with Gasteiger partial charge in [0.2, 0.25) is 0 Å². The molecular formula is C7H5BrOS. The second kappa shape index (κ2) is 3.68. The number of thiophene rings is 1. The van der Waals surface area contributed by atoms with Crippen LogP contribution in [0.3, 0.4) is 0 Å². The predicted octanol–water partition coefficient (Wildman–Crippen LogP) is 2.72. The Balaban J connectivity index is 2.83. The molecule has 10 heavy (non-hydrogen) atoms. The van der Waals surface area contributed by atoms with E-state index in [1.54, 1.807) is 17.4 Å². The molecule has 3 heteroatoms. The Morgan fingerprint density at radius 2 is 2.40 bits per heavy atom. The van der Waals surface area contributed by atoms with Crippen LogP contribution in [0.1, 0.15) is 4.88 Å². The van der Waals surface area contributed by atoms with E-state index in [0.29, 0.717) is 0 Å². The highest BCUT2D eigenvalue weighted by atomic mass is 79.9. The lowest BCUT2D eigenvalue weighted by atomic mass is 10.4. The minimum atomic E-state index is 0.770. The molecule has 52 valence electrons. The second-order valence-corrected chi connectivity index (χ2v) is 3.43. The molecule has 0 unspecified atom stereocenters. The van der Waals surface area contributed by atoms with Crippen molar-refractivity contribution in [3.8, 4) is 0 Å². The van der Waals surface area contributed by atoms with Crippen molar-refractivity contribution >= 4 is 39.6 Å². The molecule has 0 saturated carbocycles. The Bertz CT molecular complexity index is 252. The van der Waals surface area contributed by atoms with Crippen LogP contribution in [-0.4, -0.2) is 6.29 Å². The summed E-state index contributed by atoms with van der Waals surface area (Å²) in [6.07, 6.45) is 4.03. The summed E-state index contributed by atoms with van der Waals surface area (Å²) in [6, 6.07) is 1.95. The highest BCUT2D eigenvalue weighted by molar-refractivity contribution is 9.10. The molecule has 0 amide bonds. The topological polar surface area (TPSA) is 17.1 Å². The molecule has 0 saturated heterocycles. The average Bonchev–Trinajstić information content (AvgIpc) is 2.31. The van der Waals surface area contributed by atoms with E-state index in [2.05, 4.69) is 15.9 Å². The van der Waals surface area contributed by atoms with Gasteiger partial charge in [-0.1, -0.05) is 0 Å². The van der Waals surface area contributed by atoms with Crippen LogP contribution in [0.4, 0.5) is 0 Å². The van der Waals surface area contributed by atoms with E-state index in [1.165, 1.54) is 6.08 Å². The van der Waals surface area contributed by atoms with Crippen LogP contribution >= 0.6 is 27.3 Å². The van der Waals surface area contributed by atoms with Gasteiger partial charge in [-0.25, -0.2) is 0 Å². The van der Waals surface area contributed by atoms with Crippen LogP contribution in [0.5, 0.6) is 0 Å². The Kier molecular flexibility index (Phi) is 2.83. The molecule has 1 aromatic heterocycles. The van der Waals surface area contributed by atoms with Crippen molar-refractivity contribution in [3.05, 3.63) is 26.9 Å².